The second kappa shape index (κ2) is 6.25. The number of hydrogen-bond acceptors (Lipinski definition) is 2. The van der Waals surface area contributed by atoms with Crippen LogP contribution in [-0.2, 0) is 0 Å². The predicted octanol–water partition coefficient (Wildman–Crippen LogP) is 4.11. The Labute approximate surface area is 116 Å². The van der Waals surface area contributed by atoms with Gasteiger partial charge in [0.2, 0.25) is 0 Å². The molecule has 0 aliphatic rings. The predicted molar refractivity (Wildman–Crippen MR) is 74.1 cm³/mol. The van der Waals surface area contributed by atoms with Crippen LogP contribution in [0.4, 0.5) is 4.79 Å². The van der Waals surface area contributed by atoms with E-state index in [1.165, 1.54) is 0 Å². The summed E-state index contributed by atoms with van der Waals surface area (Å²) in [4.78, 5) is 10.4. The van der Waals surface area contributed by atoms with Gasteiger partial charge in [-0.3, -0.25) is 0 Å². The van der Waals surface area contributed by atoms with Gasteiger partial charge in [0.1, 0.15) is 5.75 Å². The van der Waals surface area contributed by atoms with Crippen molar-refractivity contribution < 1.29 is 14.6 Å². The number of benzene rings is 2. The molecule has 0 bridgehead atoms. The third-order valence-corrected chi connectivity index (χ3v) is 3.15. The molecule has 0 radical (unpaired) electrons. The van der Waals surface area contributed by atoms with Crippen molar-refractivity contribution in [3.8, 4) is 5.75 Å². The summed E-state index contributed by atoms with van der Waals surface area (Å²) in [5, 5.41) is 8.53. The lowest BCUT2D eigenvalue weighted by atomic mass is 9.93. The van der Waals surface area contributed by atoms with Crippen LogP contribution in [0.15, 0.2) is 54.6 Å². The van der Waals surface area contributed by atoms with Crippen LogP contribution >= 0.6 is 11.6 Å². The SMILES string of the molecule is O=C(O)Oc1ccc(C(CCl)c2ccccc2)cc1. The zero-order chi connectivity index (χ0) is 13.7. The molecule has 0 saturated carbocycles. The van der Waals surface area contributed by atoms with E-state index >= 15 is 0 Å². The summed E-state index contributed by atoms with van der Waals surface area (Å²) in [7, 11) is 0. The lowest BCUT2D eigenvalue weighted by Gasteiger charge is -2.15. The van der Waals surface area contributed by atoms with Crippen LogP contribution in [0.1, 0.15) is 17.0 Å². The number of rotatable bonds is 4. The summed E-state index contributed by atoms with van der Waals surface area (Å²) in [6.45, 7) is 0. The van der Waals surface area contributed by atoms with Crippen molar-refractivity contribution >= 4 is 17.8 Å². The summed E-state index contributed by atoms with van der Waals surface area (Å²) < 4.78 is 4.57. The molecule has 98 valence electrons. The van der Waals surface area contributed by atoms with Gasteiger partial charge >= 0.3 is 6.16 Å². The van der Waals surface area contributed by atoms with E-state index in [2.05, 4.69) is 4.74 Å². The first-order chi connectivity index (χ1) is 9.20. The Morgan fingerprint density at radius 2 is 1.63 bits per heavy atom. The van der Waals surface area contributed by atoms with Crippen LogP contribution in [0.25, 0.3) is 0 Å². The minimum atomic E-state index is -1.32. The molecule has 0 aliphatic carbocycles. The average molecular weight is 277 g/mol. The van der Waals surface area contributed by atoms with E-state index in [0.717, 1.165) is 11.1 Å². The Bertz CT molecular complexity index is 537. The monoisotopic (exact) mass is 276 g/mol. The van der Waals surface area contributed by atoms with E-state index in [1.807, 2.05) is 42.5 Å². The lowest BCUT2D eigenvalue weighted by Crippen LogP contribution is -2.05. The van der Waals surface area contributed by atoms with E-state index < -0.39 is 6.16 Å². The van der Waals surface area contributed by atoms with Crippen molar-refractivity contribution in [2.24, 2.45) is 0 Å². The zero-order valence-electron chi connectivity index (χ0n) is 10.1. The van der Waals surface area contributed by atoms with Crippen molar-refractivity contribution in [2.75, 3.05) is 5.88 Å². The van der Waals surface area contributed by atoms with E-state index in [9.17, 15) is 4.79 Å². The maximum atomic E-state index is 10.4. The maximum absolute atomic E-state index is 10.4. The number of carbonyl (C=O) groups is 1. The van der Waals surface area contributed by atoms with Gasteiger partial charge in [-0.25, -0.2) is 4.79 Å². The Morgan fingerprint density at radius 3 is 2.16 bits per heavy atom. The molecule has 0 fully saturated rings. The maximum Gasteiger partial charge on any atom is 0.511 e. The molecule has 1 atom stereocenters. The molecule has 3 nitrogen and oxygen atoms in total. The minimum absolute atomic E-state index is 0.0849. The average Bonchev–Trinajstić information content (AvgIpc) is 2.42. The standard InChI is InChI=1S/C15H13ClO3/c16-10-14(11-4-2-1-3-5-11)12-6-8-13(9-7-12)19-15(17)18/h1-9,14H,10H2,(H,17,18). The quantitative estimate of drug-likeness (QED) is 0.519. The van der Waals surface area contributed by atoms with Gasteiger partial charge in [-0.15, -0.1) is 11.6 Å². The van der Waals surface area contributed by atoms with E-state index in [1.54, 1.807) is 12.1 Å². The number of carboxylic acid groups (broad SMARTS) is 1. The van der Waals surface area contributed by atoms with Crippen molar-refractivity contribution in [1.82, 2.24) is 0 Å². The first kappa shape index (κ1) is 13.4. The molecule has 1 unspecified atom stereocenters. The summed E-state index contributed by atoms with van der Waals surface area (Å²) in [6.07, 6.45) is -1.32. The minimum Gasteiger partial charge on any atom is -0.449 e. The van der Waals surface area contributed by atoms with Crippen molar-refractivity contribution in [3.63, 3.8) is 0 Å². The van der Waals surface area contributed by atoms with Gasteiger partial charge in [0.25, 0.3) is 0 Å². The van der Waals surface area contributed by atoms with Crippen LogP contribution in [0.3, 0.4) is 0 Å². The molecule has 0 aliphatic heterocycles. The smallest absolute Gasteiger partial charge is 0.449 e. The largest absolute Gasteiger partial charge is 0.511 e. The first-order valence-electron chi connectivity index (χ1n) is 5.82. The molecular formula is C15H13ClO3. The van der Waals surface area contributed by atoms with Gasteiger partial charge < -0.3 is 9.84 Å². The highest BCUT2D eigenvalue weighted by molar-refractivity contribution is 6.18. The van der Waals surface area contributed by atoms with Crippen LogP contribution in [0.5, 0.6) is 5.75 Å². The Hall–Kier alpha value is -2.00. The molecule has 2 rings (SSSR count). The fraction of sp³-hybridized carbons (Fsp3) is 0.133. The lowest BCUT2D eigenvalue weighted by molar-refractivity contribution is 0.144. The van der Waals surface area contributed by atoms with Crippen molar-refractivity contribution in [3.05, 3.63) is 65.7 Å². The molecule has 0 saturated heterocycles. The highest BCUT2D eigenvalue weighted by Crippen LogP contribution is 2.27. The third kappa shape index (κ3) is 3.48. The summed E-state index contributed by atoms with van der Waals surface area (Å²) in [5.41, 5.74) is 2.16. The van der Waals surface area contributed by atoms with Gasteiger partial charge in [0.15, 0.2) is 0 Å². The molecule has 2 aromatic carbocycles. The highest BCUT2D eigenvalue weighted by atomic mass is 35.5. The third-order valence-electron chi connectivity index (χ3n) is 2.84. The molecule has 0 spiro atoms. The first-order valence-corrected chi connectivity index (χ1v) is 6.36. The highest BCUT2D eigenvalue weighted by Gasteiger charge is 2.13. The summed E-state index contributed by atoms with van der Waals surface area (Å²) in [5.74, 6) is 0.850. The second-order valence-corrected chi connectivity index (χ2v) is 4.36. The van der Waals surface area contributed by atoms with E-state index in [-0.39, 0.29) is 5.92 Å². The topological polar surface area (TPSA) is 46.5 Å². The summed E-state index contributed by atoms with van der Waals surface area (Å²) in [6, 6.07) is 16.9. The molecule has 0 aromatic heterocycles. The number of hydrogen-bond donors (Lipinski definition) is 1. The van der Waals surface area contributed by atoms with Gasteiger partial charge in [0, 0.05) is 11.8 Å². The molecule has 19 heavy (non-hydrogen) atoms. The molecule has 1 N–H and O–H groups in total. The summed E-state index contributed by atoms with van der Waals surface area (Å²) >= 11 is 6.04. The van der Waals surface area contributed by atoms with Gasteiger partial charge in [-0.1, -0.05) is 42.5 Å². The molecule has 0 heterocycles. The van der Waals surface area contributed by atoms with Crippen LogP contribution in [0, 0.1) is 0 Å². The zero-order valence-corrected chi connectivity index (χ0v) is 10.9. The van der Waals surface area contributed by atoms with E-state index in [0.29, 0.717) is 11.6 Å². The van der Waals surface area contributed by atoms with Gasteiger partial charge in [0.05, 0.1) is 0 Å². The number of alkyl halides is 1. The molecule has 4 heteroatoms. The van der Waals surface area contributed by atoms with Crippen LogP contribution in [-0.4, -0.2) is 17.1 Å². The van der Waals surface area contributed by atoms with Crippen LogP contribution in [0.2, 0.25) is 0 Å². The van der Waals surface area contributed by atoms with E-state index in [4.69, 9.17) is 16.7 Å². The second-order valence-electron chi connectivity index (χ2n) is 4.05. The molecular weight excluding hydrogens is 264 g/mol. The van der Waals surface area contributed by atoms with Crippen molar-refractivity contribution in [1.29, 1.82) is 0 Å². The molecule has 2 aromatic rings. The van der Waals surface area contributed by atoms with Crippen molar-refractivity contribution in [2.45, 2.75) is 5.92 Å². The fourth-order valence-electron chi connectivity index (χ4n) is 1.92. The number of halogens is 1. The fourth-order valence-corrected chi connectivity index (χ4v) is 2.28. The Kier molecular flexibility index (Phi) is 4.42. The van der Waals surface area contributed by atoms with Gasteiger partial charge in [-0.05, 0) is 23.3 Å². The number of ether oxygens (including phenoxy) is 1. The molecule has 0 amide bonds. The Balaban J connectivity index is 2.22. The van der Waals surface area contributed by atoms with Crippen LogP contribution < -0.4 is 4.74 Å². The normalized spacial score (nSPS) is 11.8. The van der Waals surface area contributed by atoms with Gasteiger partial charge in [-0.2, -0.15) is 0 Å². The Morgan fingerprint density at radius 1 is 1.05 bits per heavy atom.